The molecule has 144 valence electrons. The van der Waals surface area contributed by atoms with Crippen LogP contribution in [0.2, 0.25) is 5.02 Å². The summed E-state index contributed by atoms with van der Waals surface area (Å²) < 4.78 is 14.5. The highest BCUT2D eigenvalue weighted by Gasteiger charge is 2.27. The van der Waals surface area contributed by atoms with Crippen molar-refractivity contribution in [2.75, 3.05) is 26.2 Å². The minimum Gasteiger partial charge on any atom is -0.358 e. The highest BCUT2D eigenvalue weighted by molar-refractivity contribution is 6.33. The van der Waals surface area contributed by atoms with E-state index in [1.54, 1.807) is 17.9 Å². The van der Waals surface area contributed by atoms with Crippen molar-refractivity contribution >= 4 is 23.3 Å². The fourth-order valence-corrected chi connectivity index (χ4v) is 3.26. The summed E-state index contributed by atoms with van der Waals surface area (Å²) in [6.45, 7) is 4.52. The molecule has 8 nitrogen and oxygen atoms in total. The zero-order valence-electron chi connectivity index (χ0n) is 14.8. The Hall–Kier alpha value is -2.52. The second-order valence-corrected chi connectivity index (χ2v) is 6.80. The summed E-state index contributed by atoms with van der Waals surface area (Å²) in [6, 6.07) is 6.47. The van der Waals surface area contributed by atoms with Gasteiger partial charge in [0.25, 0.3) is 0 Å². The summed E-state index contributed by atoms with van der Waals surface area (Å²) in [5.41, 5.74) is 1.28. The summed E-state index contributed by atoms with van der Waals surface area (Å²) in [5.74, 6) is -0.872. The van der Waals surface area contributed by atoms with E-state index in [1.165, 1.54) is 16.8 Å². The molecule has 0 saturated carbocycles. The van der Waals surface area contributed by atoms with Gasteiger partial charge >= 0.3 is 5.82 Å². The summed E-state index contributed by atoms with van der Waals surface area (Å²) in [6.07, 6.45) is 0. The lowest BCUT2D eigenvalue weighted by Gasteiger charge is -2.34. The molecular formula is C17H19ClFN5O3. The van der Waals surface area contributed by atoms with Crippen molar-refractivity contribution in [1.82, 2.24) is 19.6 Å². The molecule has 0 atom stereocenters. The number of piperazine rings is 1. The van der Waals surface area contributed by atoms with Gasteiger partial charge in [0.2, 0.25) is 5.91 Å². The number of aromatic nitrogens is 2. The molecule has 0 unspecified atom stereocenters. The van der Waals surface area contributed by atoms with Crippen molar-refractivity contribution in [2.45, 2.75) is 20.0 Å². The molecule has 0 N–H and O–H groups in total. The third kappa shape index (κ3) is 4.42. The maximum absolute atomic E-state index is 13.3. The van der Waals surface area contributed by atoms with Gasteiger partial charge < -0.3 is 15.0 Å². The highest BCUT2D eigenvalue weighted by atomic mass is 35.5. The molecule has 3 rings (SSSR count). The Labute approximate surface area is 160 Å². The Morgan fingerprint density at radius 1 is 1.33 bits per heavy atom. The standard InChI is InChI=1S/C17H19ClFN5O3/c1-12-16(18)17(24(26)27)20-23(12)11-15(25)22-7-5-21(6-8-22)10-13-3-2-4-14(19)9-13/h2-4,9H,5-8,10-11H2,1H3. The molecular weight excluding hydrogens is 377 g/mol. The first-order valence-electron chi connectivity index (χ1n) is 8.47. The fraction of sp³-hybridized carbons (Fsp3) is 0.412. The van der Waals surface area contributed by atoms with E-state index in [1.807, 2.05) is 6.07 Å². The number of benzene rings is 1. The lowest BCUT2D eigenvalue weighted by molar-refractivity contribution is -0.389. The van der Waals surface area contributed by atoms with Gasteiger partial charge in [-0.25, -0.2) is 4.39 Å². The van der Waals surface area contributed by atoms with E-state index >= 15 is 0 Å². The number of carbonyl (C=O) groups is 1. The van der Waals surface area contributed by atoms with Crippen LogP contribution in [-0.4, -0.2) is 56.6 Å². The van der Waals surface area contributed by atoms with Crippen LogP contribution >= 0.6 is 11.6 Å². The molecule has 1 aromatic heterocycles. The fourth-order valence-electron chi connectivity index (χ4n) is 3.06. The Kier molecular flexibility index (Phi) is 5.71. The SMILES string of the molecule is Cc1c(Cl)c([N+](=O)[O-])nn1CC(=O)N1CCN(Cc2cccc(F)c2)CC1. The van der Waals surface area contributed by atoms with Gasteiger partial charge in [0.1, 0.15) is 12.4 Å². The number of hydrogen-bond donors (Lipinski definition) is 0. The van der Waals surface area contributed by atoms with E-state index in [2.05, 4.69) is 10.00 Å². The average molecular weight is 396 g/mol. The molecule has 10 heteroatoms. The summed E-state index contributed by atoms with van der Waals surface area (Å²) in [5, 5.41) is 14.7. The Morgan fingerprint density at radius 3 is 2.63 bits per heavy atom. The van der Waals surface area contributed by atoms with Gasteiger partial charge in [-0.05, 0) is 29.5 Å². The quantitative estimate of drug-likeness (QED) is 0.572. The molecule has 1 fully saturated rings. The van der Waals surface area contributed by atoms with Crippen molar-refractivity contribution in [2.24, 2.45) is 0 Å². The zero-order chi connectivity index (χ0) is 19.6. The van der Waals surface area contributed by atoms with E-state index < -0.39 is 10.7 Å². The first-order chi connectivity index (χ1) is 12.8. The van der Waals surface area contributed by atoms with Crippen LogP contribution in [0.15, 0.2) is 24.3 Å². The molecule has 27 heavy (non-hydrogen) atoms. The molecule has 0 aliphatic carbocycles. The number of nitro groups is 1. The van der Waals surface area contributed by atoms with Gasteiger partial charge in [0.15, 0.2) is 5.02 Å². The van der Waals surface area contributed by atoms with Crippen molar-refractivity contribution in [1.29, 1.82) is 0 Å². The van der Waals surface area contributed by atoms with Gasteiger partial charge in [-0.2, -0.15) is 4.68 Å². The van der Waals surface area contributed by atoms with E-state index in [0.29, 0.717) is 38.4 Å². The molecule has 2 aromatic rings. The Bertz CT molecular complexity index is 864. The molecule has 2 heterocycles. The maximum Gasteiger partial charge on any atom is 0.408 e. The lowest BCUT2D eigenvalue weighted by atomic mass is 10.2. The molecule has 1 aromatic carbocycles. The predicted octanol–water partition coefficient (Wildman–Crippen LogP) is 2.24. The summed E-state index contributed by atoms with van der Waals surface area (Å²) in [4.78, 5) is 26.6. The van der Waals surface area contributed by atoms with Crippen LogP contribution in [0, 0.1) is 22.9 Å². The number of nitrogens with zero attached hydrogens (tertiary/aromatic N) is 5. The monoisotopic (exact) mass is 395 g/mol. The smallest absolute Gasteiger partial charge is 0.358 e. The van der Waals surface area contributed by atoms with Gasteiger partial charge in [0.05, 0.1) is 10.8 Å². The minimum absolute atomic E-state index is 0.0484. The van der Waals surface area contributed by atoms with Gasteiger partial charge in [-0.3, -0.25) is 9.69 Å². The zero-order valence-corrected chi connectivity index (χ0v) is 15.5. The minimum atomic E-state index is -0.665. The van der Waals surface area contributed by atoms with Crippen molar-refractivity contribution in [3.05, 3.63) is 56.5 Å². The van der Waals surface area contributed by atoms with E-state index in [0.717, 1.165) is 5.56 Å². The van der Waals surface area contributed by atoms with Crippen LogP contribution in [0.25, 0.3) is 0 Å². The summed E-state index contributed by atoms with van der Waals surface area (Å²) >= 11 is 5.90. The largest absolute Gasteiger partial charge is 0.408 e. The van der Waals surface area contributed by atoms with Crippen LogP contribution in [0.4, 0.5) is 10.2 Å². The number of amides is 1. The van der Waals surface area contributed by atoms with Crippen LogP contribution in [0.1, 0.15) is 11.3 Å². The van der Waals surface area contributed by atoms with Crippen molar-refractivity contribution < 1.29 is 14.1 Å². The average Bonchev–Trinajstić information content (AvgIpc) is 2.91. The number of halogens is 2. The van der Waals surface area contributed by atoms with Crippen molar-refractivity contribution in [3.8, 4) is 0 Å². The third-order valence-corrected chi connectivity index (χ3v) is 5.04. The number of carbonyl (C=O) groups excluding carboxylic acids is 1. The van der Waals surface area contributed by atoms with Crippen LogP contribution < -0.4 is 0 Å². The topological polar surface area (TPSA) is 84.5 Å². The molecule has 1 saturated heterocycles. The Morgan fingerprint density at radius 2 is 2.04 bits per heavy atom. The third-order valence-electron chi connectivity index (χ3n) is 4.59. The molecule has 1 amide bonds. The van der Waals surface area contributed by atoms with Gasteiger partial charge in [-0.15, -0.1) is 0 Å². The van der Waals surface area contributed by atoms with Crippen LogP contribution in [0.5, 0.6) is 0 Å². The number of hydrogen-bond acceptors (Lipinski definition) is 5. The molecule has 0 bridgehead atoms. The van der Waals surface area contributed by atoms with Crippen LogP contribution in [0.3, 0.4) is 0 Å². The van der Waals surface area contributed by atoms with Gasteiger partial charge in [-0.1, -0.05) is 23.7 Å². The lowest BCUT2D eigenvalue weighted by Crippen LogP contribution is -2.49. The molecule has 0 radical (unpaired) electrons. The Balaban J connectivity index is 1.56. The molecule has 1 aliphatic rings. The normalized spacial score (nSPS) is 15.1. The predicted molar refractivity (Wildman–Crippen MR) is 96.9 cm³/mol. The first kappa shape index (κ1) is 19.2. The second-order valence-electron chi connectivity index (χ2n) is 6.42. The molecule has 1 aliphatic heterocycles. The van der Waals surface area contributed by atoms with E-state index in [-0.39, 0.29) is 23.3 Å². The first-order valence-corrected chi connectivity index (χ1v) is 8.85. The maximum atomic E-state index is 13.3. The number of rotatable bonds is 5. The molecule has 0 spiro atoms. The van der Waals surface area contributed by atoms with E-state index in [4.69, 9.17) is 11.6 Å². The van der Waals surface area contributed by atoms with Crippen LogP contribution in [-0.2, 0) is 17.9 Å². The summed E-state index contributed by atoms with van der Waals surface area (Å²) in [7, 11) is 0. The van der Waals surface area contributed by atoms with Crippen molar-refractivity contribution in [3.63, 3.8) is 0 Å². The van der Waals surface area contributed by atoms with Gasteiger partial charge in [0, 0.05) is 32.7 Å². The highest BCUT2D eigenvalue weighted by Crippen LogP contribution is 2.26. The van der Waals surface area contributed by atoms with E-state index in [9.17, 15) is 19.3 Å². The second kappa shape index (κ2) is 8.01.